The normalized spacial score (nSPS) is 24.4. The molecule has 5 atom stereocenters. The summed E-state index contributed by atoms with van der Waals surface area (Å²) in [5.41, 5.74) is 3.70. The topological polar surface area (TPSA) is 182 Å². The molecule has 4 rings (SSSR count). The number of carbonyl (C=O) groups is 1. The first-order valence-electron chi connectivity index (χ1n) is 15.2. The van der Waals surface area contributed by atoms with Crippen LogP contribution < -0.4 is 20.1 Å². The summed E-state index contributed by atoms with van der Waals surface area (Å²) in [6.07, 6.45) is -5.13. The van der Waals surface area contributed by atoms with Crippen LogP contribution in [0, 0.1) is 6.92 Å². The number of carbonyl (C=O) groups excluding carboxylic acids is 1. The van der Waals surface area contributed by atoms with E-state index in [0.29, 0.717) is 26.0 Å². The molecule has 13 heteroatoms. The number of aliphatic hydroxyl groups excluding tert-OH is 4. The molecule has 0 saturated carbocycles. The molecule has 0 spiro atoms. The highest BCUT2D eigenvalue weighted by atomic mass is 16.7. The van der Waals surface area contributed by atoms with E-state index in [1.807, 2.05) is 43.9 Å². The lowest BCUT2D eigenvalue weighted by molar-refractivity contribution is -0.278. The summed E-state index contributed by atoms with van der Waals surface area (Å²) in [4.78, 5) is 14.1. The van der Waals surface area contributed by atoms with E-state index in [0.717, 1.165) is 67.3 Å². The van der Waals surface area contributed by atoms with Gasteiger partial charge in [0.05, 0.1) is 13.2 Å². The Kier molecular flexibility index (Phi) is 12.2. The van der Waals surface area contributed by atoms with E-state index in [2.05, 4.69) is 20.8 Å². The summed E-state index contributed by atoms with van der Waals surface area (Å²) in [5, 5.41) is 54.1. The molecule has 2 aromatic rings. The molecule has 2 aliphatic heterocycles. The molecule has 1 amide bonds. The second-order valence-electron chi connectivity index (χ2n) is 11.5. The van der Waals surface area contributed by atoms with Crippen molar-refractivity contribution in [2.24, 2.45) is 0 Å². The van der Waals surface area contributed by atoms with E-state index >= 15 is 0 Å². The third kappa shape index (κ3) is 8.66. The zero-order chi connectivity index (χ0) is 30.9. The van der Waals surface area contributed by atoms with Gasteiger partial charge in [-0.25, -0.2) is 0 Å². The molecule has 43 heavy (non-hydrogen) atoms. The molecular formula is C30H47N5O8. The van der Waals surface area contributed by atoms with Crippen LogP contribution in [0.5, 0.6) is 11.6 Å². The summed E-state index contributed by atoms with van der Waals surface area (Å²) in [6.45, 7) is 10.8. The van der Waals surface area contributed by atoms with E-state index < -0.39 is 37.3 Å². The van der Waals surface area contributed by atoms with Crippen LogP contribution in [-0.4, -0.2) is 125 Å². The molecule has 0 radical (unpaired) electrons. The molecule has 1 aromatic heterocycles. The highest BCUT2D eigenvalue weighted by Crippen LogP contribution is 2.32. The summed E-state index contributed by atoms with van der Waals surface area (Å²) in [6, 6.07) is 5.91. The van der Waals surface area contributed by atoms with Crippen LogP contribution in [-0.2, 0) is 16.0 Å². The van der Waals surface area contributed by atoms with Gasteiger partial charge in [-0.3, -0.25) is 9.89 Å². The smallest absolute Gasteiger partial charge is 0.238 e. The van der Waals surface area contributed by atoms with Crippen LogP contribution in [0.1, 0.15) is 55.0 Å². The van der Waals surface area contributed by atoms with Gasteiger partial charge in [-0.15, -0.1) is 5.10 Å². The molecule has 13 nitrogen and oxygen atoms in total. The van der Waals surface area contributed by atoms with Crippen LogP contribution in [0.15, 0.2) is 18.2 Å². The van der Waals surface area contributed by atoms with Crippen molar-refractivity contribution in [3.8, 4) is 11.6 Å². The van der Waals surface area contributed by atoms with Crippen molar-refractivity contribution in [2.45, 2.75) is 76.7 Å². The molecule has 7 N–H and O–H groups in total. The van der Waals surface area contributed by atoms with Crippen molar-refractivity contribution in [1.29, 1.82) is 0 Å². The fourth-order valence-electron chi connectivity index (χ4n) is 5.31. The van der Waals surface area contributed by atoms with Gasteiger partial charge >= 0.3 is 0 Å². The van der Waals surface area contributed by atoms with Crippen LogP contribution in [0.25, 0.3) is 0 Å². The van der Waals surface area contributed by atoms with Crippen molar-refractivity contribution in [3.05, 3.63) is 40.6 Å². The molecule has 2 saturated heterocycles. The number of amides is 1. The Hall–Kier alpha value is -2.78. The zero-order valence-electron chi connectivity index (χ0n) is 25.3. The fourth-order valence-corrected chi connectivity index (χ4v) is 5.31. The summed E-state index contributed by atoms with van der Waals surface area (Å²) < 4.78 is 17.4. The molecule has 0 unspecified atom stereocenters. The first-order chi connectivity index (χ1) is 20.7. The van der Waals surface area contributed by atoms with Crippen LogP contribution >= 0.6 is 0 Å². The average Bonchev–Trinajstić information content (AvgIpc) is 3.40. The van der Waals surface area contributed by atoms with Crippen molar-refractivity contribution in [1.82, 2.24) is 25.7 Å². The van der Waals surface area contributed by atoms with E-state index in [1.165, 1.54) is 0 Å². The van der Waals surface area contributed by atoms with Gasteiger partial charge in [-0.1, -0.05) is 19.9 Å². The number of rotatable bonds is 14. The van der Waals surface area contributed by atoms with Gasteiger partial charge in [0.15, 0.2) is 0 Å². The van der Waals surface area contributed by atoms with E-state index in [9.17, 15) is 25.2 Å². The number of hydrogen-bond acceptors (Lipinski definition) is 11. The van der Waals surface area contributed by atoms with Crippen LogP contribution in [0.3, 0.4) is 0 Å². The number of hydrogen-bond donors (Lipinski definition) is 7. The van der Waals surface area contributed by atoms with Crippen molar-refractivity contribution in [3.63, 3.8) is 0 Å². The molecule has 0 aliphatic carbocycles. The van der Waals surface area contributed by atoms with Crippen molar-refractivity contribution < 1.29 is 39.4 Å². The first-order valence-corrected chi connectivity index (χ1v) is 15.2. The van der Waals surface area contributed by atoms with Gasteiger partial charge in [0.25, 0.3) is 0 Å². The Balaban J connectivity index is 1.28. The Labute approximate surface area is 252 Å². The second kappa shape index (κ2) is 15.8. The second-order valence-corrected chi connectivity index (χ2v) is 11.5. The SMILES string of the molecule is Cc1cc(OCCCNCCC(=O)N2CCNCC2)ccc1Cc1c(O[C@@H]2O[C@H](CO)[C@@H](O)[C@H](O)[C@H]2O)n[nH]c1C(C)C. The molecule has 1 aromatic carbocycles. The Bertz CT molecular complexity index is 1170. The van der Waals surface area contributed by atoms with Crippen molar-refractivity contribution >= 4 is 5.91 Å². The van der Waals surface area contributed by atoms with Crippen LogP contribution in [0.4, 0.5) is 0 Å². The Morgan fingerprint density at radius 1 is 1.16 bits per heavy atom. The van der Waals surface area contributed by atoms with Gasteiger partial charge in [0.1, 0.15) is 30.2 Å². The highest BCUT2D eigenvalue weighted by molar-refractivity contribution is 5.76. The minimum Gasteiger partial charge on any atom is -0.494 e. The van der Waals surface area contributed by atoms with Gasteiger partial charge in [-0.05, 0) is 49.1 Å². The van der Waals surface area contributed by atoms with E-state index in [4.69, 9.17) is 14.2 Å². The number of ether oxygens (including phenoxy) is 3. The number of nitrogens with one attached hydrogen (secondary N) is 3. The molecule has 0 bridgehead atoms. The standard InChI is InChI=1S/C30H47N5O8/c1-18(2)25-22(29(34-33-25)43-30-28(40)27(39)26(38)23(17-36)42-30)16-20-5-6-21(15-19(20)3)41-14-4-8-31-9-7-24(37)35-12-10-32-11-13-35/h5-6,15,18,23,26-28,30-32,36,38-40H,4,7-14,16-17H2,1-3H3,(H,33,34)/t23-,26-,27+,28-,30+/m1/s1. The molecule has 3 heterocycles. The lowest BCUT2D eigenvalue weighted by Crippen LogP contribution is -2.60. The lowest BCUT2D eigenvalue weighted by atomic mass is 9.96. The maximum Gasteiger partial charge on any atom is 0.238 e. The lowest BCUT2D eigenvalue weighted by Gasteiger charge is -2.39. The number of piperazine rings is 1. The number of aromatic amines is 1. The average molecular weight is 606 g/mol. The maximum absolute atomic E-state index is 12.2. The maximum atomic E-state index is 12.2. The quantitative estimate of drug-likeness (QED) is 0.142. The summed E-state index contributed by atoms with van der Waals surface area (Å²) in [7, 11) is 0. The first kappa shape index (κ1) is 33.1. The van der Waals surface area contributed by atoms with Crippen LogP contribution in [0.2, 0.25) is 0 Å². The van der Waals surface area contributed by atoms with Gasteiger partial charge in [-0.2, -0.15) is 0 Å². The summed E-state index contributed by atoms with van der Waals surface area (Å²) >= 11 is 0. The van der Waals surface area contributed by atoms with E-state index in [1.54, 1.807) is 0 Å². The number of aromatic nitrogens is 2. The molecule has 2 fully saturated rings. The fraction of sp³-hybridized carbons (Fsp3) is 0.667. The third-order valence-electron chi connectivity index (χ3n) is 7.95. The summed E-state index contributed by atoms with van der Waals surface area (Å²) in [5.74, 6) is 1.29. The number of aliphatic hydroxyl groups is 4. The number of H-pyrrole nitrogens is 1. The molecule has 2 aliphatic rings. The minimum atomic E-state index is -1.54. The van der Waals surface area contributed by atoms with E-state index in [-0.39, 0.29) is 17.7 Å². The van der Waals surface area contributed by atoms with Crippen molar-refractivity contribution in [2.75, 3.05) is 52.5 Å². The third-order valence-corrected chi connectivity index (χ3v) is 7.95. The number of aryl methyl sites for hydroxylation is 1. The molecular weight excluding hydrogens is 558 g/mol. The largest absolute Gasteiger partial charge is 0.494 e. The number of nitrogens with zero attached hydrogens (tertiary/aromatic N) is 2. The van der Waals surface area contributed by atoms with Gasteiger partial charge < -0.3 is 50.2 Å². The Morgan fingerprint density at radius 2 is 1.93 bits per heavy atom. The Morgan fingerprint density at radius 3 is 2.63 bits per heavy atom. The zero-order valence-corrected chi connectivity index (χ0v) is 25.3. The predicted molar refractivity (Wildman–Crippen MR) is 158 cm³/mol. The number of benzene rings is 1. The molecule has 240 valence electrons. The van der Waals surface area contributed by atoms with Gasteiger partial charge in [0, 0.05) is 56.8 Å². The van der Waals surface area contributed by atoms with Gasteiger partial charge in [0.2, 0.25) is 18.1 Å². The highest BCUT2D eigenvalue weighted by Gasteiger charge is 2.45. The predicted octanol–water partition coefficient (Wildman–Crippen LogP) is -0.209. The minimum absolute atomic E-state index is 0.103. The monoisotopic (exact) mass is 605 g/mol.